The van der Waals surface area contributed by atoms with Crippen LogP contribution in [0.2, 0.25) is 0 Å². The van der Waals surface area contributed by atoms with Gasteiger partial charge in [-0.05, 0) is 49.4 Å². The van der Waals surface area contributed by atoms with Gasteiger partial charge in [-0.2, -0.15) is 9.28 Å². The van der Waals surface area contributed by atoms with Gasteiger partial charge in [-0.15, -0.1) is 0 Å². The number of quaternary nitrogens is 1. The van der Waals surface area contributed by atoms with E-state index in [1.807, 2.05) is 60.7 Å². The molecule has 0 aromatic heterocycles. The van der Waals surface area contributed by atoms with Crippen LogP contribution in [0.15, 0.2) is 91.0 Å². The molecule has 1 aliphatic heterocycles. The molecule has 0 saturated carbocycles. The minimum Gasteiger partial charge on any atom is -0.435 e. The second-order valence-corrected chi connectivity index (χ2v) is 13.1. The zero-order valence-electron chi connectivity index (χ0n) is 22.6. The summed E-state index contributed by atoms with van der Waals surface area (Å²) in [6, 6.07) is 26.8. The fraction of sp³-hybridized carbons (Fsp3) is 0.323. The van der Waals surface area contributed by atoms with Gasteiger partial charge in [0.15, 0.2) is 0 Å². The lowest BCUT2D eigenvalue weighted by molar-refractivity contribution is -0.792. The van der Waals surface area contributed by atoms with Crippen LogP contribution in [0.3, 0.4) is 0 Å². The number of carbonyl (C=O) groups is 3. The number of hydrogen-bond donors (Lipinski definition) is 3. The molecule has 0 bridgehead atoms. The number of aryl methyl sites for hydroxylation is 1. The third-order valence-electron chi connectivity index (χ3n) is 7.86. The van der Waals surface area contributed by atoms with E-state index in [1.54, 1.807) is 37.3 Å². The van der Waals surface area contributed by atoms with Crippen LogP contribution in [0.5, 0.6) is 0 Å². The number of nitrogens with one attached hydrogen (secondary N) is 1. The molecule has 8 nitrogen and oxygen atoms in total. The van der Waals surface area contributed by atoms with Crippen molar-refractivity contribution in [1.29, 1.82) is 0 Å². The molecule has 4 unspecified atom stereocenters. The lowest BCUT2D eigenvalue weighted by Crippen LogP contribution is -2.60. The lowest BCUT2D eigenvalue weighted by atomic mass is 9.97. The standard InChI is InChI=1S/C31H35N2O6P/c1-23-19-26(20-25-13-7-3-8-14-25)21-33(23,31(36)37)29(34)22-40(38,39)28(18-17-24-11-5-2-6-12-24)32-30(35)27-15-9-4-10-16-27/h2-16,23,26,28H,17-22H2,1H3,(H2-,32,35,36,37,38,39)/p+1/t23?,26?,28?,33-/m0/s1. The Morgan fingerprint density at radius 1 is 0.925 bits per heavy atom. The van der Waals surface area contributed by atoms with E-state index in [0.717, 1.165) is 11.1 Å². The summed E-state index contributed by atoms with van der Waals surface area (Å²) in [4.78, 5) is 50.6. The molecule has 3 aromatic rings. The molecule has 1 aliphatic rings. The zero-order chi connectivity index (χ0) is 28.8. The minimum atomic E-state index is -4.38. The van der Waals surface area contributed by atoms with Gasteiger partial charge in [0.05, 0.1) is 6.54 Å². The fourth-order valence-corrected chi connectivity index (χ4v) is 7.43. The molecule has 1 heterocycles. The molecule has 3 aromatic carbocycles. The Morgan fingerprint density at radius 2 is 1.48 bits per heavy atom. The number of carbonyl (C=O) groups excluding carboxylic acids is 2. The average molecular weight is 564 g/mol. The van der Waals surface area contributed by atoms with Gasteiger partial charge >= 0.3 is 12.0 Å². The van der Waals surface area contributed by atoms with Crippen molar-refractivity contribution >= 4 is 25.3 Å². The summed E-state index contributed by atoms with van der Waals surface area (Å²) < 4.78 is 12.9. The highest BCUT2D eigenvalue weighted by Crippen LogP contribution is 2.49. The van der Waals surface area contributed by atoms with E-state index in [9.17, 15) is 28.9 Å². The van der Waals surface area contributed by atoms with Crippen LogP contribution >= 0.6 is 7.37 Å². The number of nitrogens with zero attached hydrogens (tertiary/aromatic N) is 1. The second kappa shape index (κ2) is 12.7. The zero-order valence-corrected chi connectivity index (χ0v) is 23.5. The summed E-state index contributed by atoms with van der Waals surface area (Å²) in [6.45, 7) is 1.76. The number of imide groups is 1. The fourth-order valence-electron chi connectivity index (χ4n) is 5.72. The normalized spacial score (nSPS) is 22.6. The molecular formula is C31H36N2O6P+. The van der Waals surface area contributed by atoms with Gasteiger partial charge in [-0.3, -0.25) is 9.36 Å². The molecule has 0 radical (unpaired) electrons. The highest BCUT2D eigenvalue weighted by Gasteiger charge is 2.57. The van der Waals surface area contributed by atoms with Crippen LogP contribution in [0.25, 0.3) is 0 Å². The van der Waals surface area contributed by atoms with Crippen molar-refractivity contribution in [2.45, 2.75) is 44.4 Å². The number of rotatable bonds is 10. The quantitative estimate of drug-likeness (QED) is 0.227. The molecule has 9 heteroatoms. The van der Waals surface area contributed by atoms with Crippen molar-refractivity contribution in [2.75, 3.05) is 12.7 Å². The number of hydrogen-bond acceptors (Lipinski definition) is 4. The van der Waals surface area contributed by atoms with Gasteiger partial charge in [0.1, 0.15) is 18.0 Å². The van der Waals surface area contributed by atoms with Crippen molar-refractivity contribution in [1.82, 2.24) is 5.32 Å². The van der Waals surface area contributed by atoms with E-state index in [2.05, 4.69) is 5.32 Å². The molecule has 1 saturated heterocycles. The van der Waals surface area contributed by atoms with Crippen LogP contribution in [0.1, 0.15) is 41.3 Å². The van der Waals surface area contributed by atoms with E-state index >= 15 is 0 Å². The molecular weight excluding hydrogens is 527 g/mol. The largest absolute Gasteiger partial charge is 0.521 e. The number of amides is 3. The molecule has 3 N–H and O–H groups in total. The molecule has 210 valence electrons. The first kappa shape index (κ1) is 29.4. The predicted molar refractivity (Wildman–Crippen MR) is 153 cm³/mol. The van der Waals surface area contributed by atoms with Crippen molar-refractivity contribution < 1.29 is 33.4 Å². The van der Waals surface area contributed by atoms with Crippen molar-refractivity contribution in [3.05, 3.63) is 108 Å². The molecule has 1 fully saturated rings. The first-order valence-electron chi connectivity index (χ1n) is 13.5. The smallest absolute Gasteiger partial charge is 0.435 e. The Morgan fingerprint density at radius 3 is 2.05 bits per heavy atom. The number of benzene rings is 3. The summed E-state index contributed by atoms with van der Waals surface area (Å²) in [5.74, 6) is -2.63. The van der Waals surface area contributed by atoms with Crippen LogP contribution < -0.4 is 5.32 Å². The molecule has 3 amide bonds. The van der Waals surface area contributed by atoms with Crippen LogP contribution in [-0.2, 0) is 22.2 Å². The monoisotopic (exact) mass is 563 g/mol. The second-order valence-electron chi connectivity index (χ2n) is 10.7. The van der Waals surface area contributed by atoms with Crippen LogP contribution in [0, 0.1) is 5.92 Å². The maximum atomic E-state index is 13.8. The van der Waals surface area contributed by atoms with Crippen molar-refractivity contribution in [3.8, 4) is 0 Å². The summed E-state index contributed by atoms with van der Waals surface area (Å²) in [5.41, 5.74) is 2.29. The Bertz CT molecular complexity index is 1370. The SMILES string of the molecule is CC1CC(Cc2ccccc2)C[N@@+]1(C(=O)O)C(=O)CP(=O)(O)C(CCc1ccccc1)NC(=O)c1ccccc1. The lowest BCUT2D eigenvalue weighted by Gasteiger charge is -2.32. The Labute approximate surface area is 234 Å². The van der Waals surface area contributed by atoms with Gasteiger partial charge < -0.3 is 15.3 Å². The van der Waals surface area contributed by atoms with Crippen molar-refractivity contribution in [3.63, 3.8) is 0 Å². The first-order chi connectivity index (χ1) is 19.1. The minimum absolute atomic E-state index is 0.0509. The maximum Gasteiger partial charge on any atom is 0.521 e. The topological polar surface area (TPSA) is 121 Å². The summed E-state index contributed by atoms with van der Waals surface area (Å²) in [5, 5.41) is 13.0. The summed E-state index contributed by atoms with van der Waals surface area (Å²) in [6.07, 6.45) is -0.519. The van der Waals surface area contributed by atoms with Gasteiger partial charge in [0, 0.05) is 17.9 Å². The first-order valence-corrected chi connectivity index (χ1v) is 15.4. The van der Waals surface area contributed by atoms with Gasteiger partial charge in [-0.25, -0.2) is 4.79 Å². The van der Waals surface area contributed by atoms with E-state index in [0.29, 0.717) is 24.8 Å². The molecule has 0 aliphatic carbocycles. The third-order valence-corrected chi connectivity index (χ3v) is 9.94. The Kier molecular flexibility index (Phi) is 9.36. The van der Waals surface area contributed by atoms with Crippen LogP contribution in [0.4, 0.5) is 4.79 Å². The molecule has 0 spiro atoms. The molecule has 4 rings (SSSR count). The van der Waals surface area contributed by atoms with E-state index in [4.69, 9.17) is 0 Å². The van der Waals surface area contributed by atoms with Crippen molar-refractivity contribution in [2.24, 2.45) is 5.92 Å². The van der Waals surface area contributed by atoms with Crippen LogP contribution in [-0.4, -0.2) is 56.9 Å². The molecule has 5 atom stereocenters. The van der Waals surface area contributed by atoms with E-state index in [-0.39, 0.29) is 18.9 Å². The average Bonchev–Trinajstić information content (AvgIpc) is 3.28. The number of carboxylic acid groups (broad SMARTS) is 1. The van der Waals surface area contributed by atoms with Gasteiger partial charge in [-0.1, -0.05) is 78.9 Å². The Hall–Kier alpha value is -3.58. The third kappa shape index (κ3) is 6.76. The van der Waals surface area contributed by atoms with E-state index in [1.165, 1.54) is 0 Å². The number of likely N-dealkylation sites (tertiary alicyclic amines) is 1. The maximum absolute atomic E-state index is 13.8. The predicted octanol–water partition coefficient (Wildman–Crippen LogP) is 5.32. The van der Waals surface area contributed by atoms with Gasteiger partial charge in [0.25, 0.3) is 5.91 Å². The summed E-state index contributed by atoms with van der Waals surface area (Å²) in [7, 11) is -4.38. The highest BCUT2D eigenvalue weighted by atomic mass is 31.2. The highest BCUT2D eigenvalue weighted by molar-refractivity contribution is 7.59. The van der Waals surface area contributed by atoms with Gasteiger partial charge in [0.2, 0.25) is 7.37 Å². The van der Waals surface area contributed by atoms with E-state index < -0.39 is 47.7 Å². The summed E-state index contributed by atoms with van der Waals surface area (Å²) >= 11 is 0. The molecule has 40 heavy (non-hydrogen) atoms. The Balaban J connectivity index is 1.55.